The number of aryl methyl sites for hydroxylation is 1. The van der Waals surface area contributed by atoms with Gasteiger partial charge in [-0.3, -0.25) is 13.9 Å². The van der Waals surface area contributed by atoms with Crippen molar-refractivity contribution in [2.45, 2.75) is 31.5 Å². The van der Waals surface area contributed by atoms with E-state index in [2.05, 4.69) is 20.3 Å². The van der Waals surface area contributed by atoms with E-state index in [0.717, 1.165) is 11.9 Å². The molecule has 2 aromatic heterocycles. The van der Waals surface area contributed by atoms with E-state index in [-0.39, 0.29) is 22.5 Å². The summed E-state index contributed by atoms with van der Waals surface area (Å²) >= 11 is 0. The lowest BCUT2D eigenvalue weighted by Crippen LogP contribution is -2.35. The maximum absolute atomic E-state index is 12.6. The minimum Gasteiger partial charge on any atom is -0.459 e. The molecule has 2 aromatic carbocycles. The molecule has 15 heteroatoms. The van der Waals surface area contributed by atoms with E-state index in [1.165, 1.54) is 10.9 Å². The number of anilines is 1. The highest BCUT2D eigenvalue weighted by Gasteiger charge is 2.49. The third-order valence-corrected chi connectivity index (χ3v) is 6.66. The summed E-state index contributed by atoms with van der Waals surface area (Å²) in [5.74, 6) is -1.04. The number of hydrogen-bond donors (Lipinski definition) is 4. The standard InChI is InChI=1S/C25H24N5O9P/c1-14-7-9-16(10-8-14)25(33)37-11-17-19(31)20(39-40(34,35)36)24(38-17)30-13-28-18-21(26-12-27-22(18)30)29-23(32)15-5-3-2-4-6-15/h2-10,12-13,17,19-20,24,31H,11H2,1H3,(H2,34,35,36)(H,26,27,29,32)/t17-,19-,20-,24-/m1/s1. The Labute approximate surface area is 226 Å². The zero-order chi connectivity index (χ0) is 28.4. The summed E-state index contributed by atoms with van der Waals surface area (Å²) < 4.78 is 29.0. The van der Waals surface area contributed by atoms with Gasteiger partial charge in [-0.05, 0) is 31.2 Å². The van der Waals surface area contributed by atoms with Crippen LogP contribution in [0.15, 0.2) is 67.3 Å². The van der Waals surface area contributed by atoms with Gasteiger partial charge in [-0.1, -0.05) is 35.9 Å². The lowest BCUT2D eigenvalue weighted by molar-refractivity contribution is -0.0560. The van der Waals surface area contributed by atoms with Gasteiger partial charge >= 0.3 is 13.8 Å². The second-order valence-electron chi connectivity index (χ2n) is 8.95. The van der Waals surface area contributed by atoms with E-state index in [4.69, 9.17) is 14.0 Å². The molecule has 40 heavy (non-hydrogen) atoms. The molecule has 4 atom stereocenters. The molecule has 1 amide bonds. The van der Waals surface area contributed by atoms with Gasteiger partial charge in [0.05, 0.1) is 11.9 Å². The van der Waals surface area contributed by atoms with Gasteiger partial charge < -0.3 is 29.7 Å². The molecule has 5 rings (SSSR count). The second-order valence-corrected chi connectivity index (χ2v) is 10.1. The fourth-order valence-electron chi connectivity index (χ4n) is 4.18. The Bertz CT molecular complexity index is 1570. The Morgan fingerprint density at radius 2 is 1.77 bits per heavy atom. The number of nitrogens with one attached hydrogen (secondary N) is 1. The number of phosphoric ester groups is 1. The highest BCUT2D eigenvalue weighted by Crippen LogP contribution is 2.45. The Kier molecular flexibility index (Phi) is 7.72. The van der Waals surface area contributed by atoms with Gasteiger partial charge in [0.25, 0.3) is 5.91 Å². The maximum atomic E-state index is 12.6. The van der Waals surface area contributed by atoms with E-state index in [1.807, 2.05) is 6.92 Å². The number of nitrogens with zero attached hydrogens (tertiary/aromatic N) is 4. The van der Waals surface area contributed by atoms with Gasteiger partial charge in [0.15, 0.2) is 23.2 Å². The number of ether oxygens (including phenoxy) is 2. The predicted octanol–water partition coefficient (Wildman–Crippen LogP) is 1.98. The molecule has 1 fully saturated rings. The van der Waals surface area contributed by atoms with Crippen molar-refractivity contribution in [2.75, 3.05) is 11.9 Å². The first kappa shape index (κ1) is 27.5. The Morgan fingerprint density at radius 3 is 2.48 bits per heavy atom. The Balaban J connectivity index is 1.39. The van der Waals surface area contributed by atoms with Crippen LogP contribution in [0.5, 0.6) is 0 Å². The van der Waals surface area contributed by atoms with Gasteiger partial charge in [0.2, 0.25) is 0 Å². The number of imidazole rings is 1. The normalized spacial score (nSPS) is 20.9. The van der Waals surface area contributed by atoms with Crippen molar-refractivity contribution in [3.63, 3.8) is 0 Å². The summed E-state index contributed by atoms with van der Waals surface area (Å²) in [4.78, 5) is 56.6. The molecular formula is C25H24N5O9P. The van der Waals surface area contributed by atoms with E-state index in [1.54, 1.807) is 54.6 Å². The largest absolute Gasteiger partial charge is 0.470 e. The molecular weight excluding hydrogens is 545 g/mol. The molecule has 1 aliphatic rings. The summed E-state index contributed by atoms with van der Waals surface area (Å²) in [5, 5.41) is 13.5. The third kappa shape index (κ3) is 5.92. The van der Waals surface area contributed by atoms with Gasteiger partial charge in [0, 0.05) is 5.56 Å². The van der Waals surface area contributed by atoms with Crippen LogP contribution in [0, 0.1) is 6.92 Å². The van der Waals surface area contributed by atoms with Crippen molar-refractivity contribution in [3.05, 3.63) is 83.9 Å². The molecule has 1 saturated heterocycles. The van der Waals surface area contributed by atoms with Crippen LogP contribution in [0.2, 0.25) is 0 Å². The van der Waals surface area contributed by atoms with Crippen molar-refractivity contribution in [3.8, 4) is 0 Å². The number of aliphatic hydroxyl groups excluding tert-OH is 1. The van der Waals surface area contributed by atoms with Crippen LogP contribution in [-0.2, 0) is 18.6 Å². The average molecular weight is 569 g/mol. The zero-order valence-electron chi connectivity index (χ0n) is 20.9. The molecule has 0 spiro atoms. The van der Waals surface area contributed by atoms with Gasteiger partial charge in [0.1, 0.15) is 31.2 Å². The fourth-order valence-corrected chi connectivity index (χ4v) is 4.73. The highest BCUT2D eigenvalue weighted by atomic mass is 31.2. The summed E-state index contributed by atoms with van der Waals surface area (Å²) in [6.45, 7) is 1.43. The summed E-state index contributed by atoms with van der Waals surface area (Å²) in [7, 11) is -5.10. The second kappa shape index (κ2) is 11.2. The molecule has 0 bridgehead atoms. The van der Waals surface area contributed by atoms with Crippen LogP contribution in [0.25, 0.3) is 11.2 Å². The molecule has 1 aliphatic heterocycles. The first-order valence-corrected chi connectivity index (χ1v) is 13.5. The van der Waals surface area contributed by atoms with Gasteiger partial charge in [-0.2, -0.15) is 0 Å². The van der Waals surface area contributed by atoms with Gasteiger partial charge in [-0.15, -0.1) is 0 Å². The molecule has 0 aliphatic carbocycles. The lowest BCUT2D eigenvalue weighted by Gasteiger charge is -2.22. The monoisotopic (exact) mass is 569 g/mol. The number of carbonyl (C=O) groups excluding carboxylic acids is 2. The van der Waals surface area contributed by atoms with Crippen molar-refractivity contribution >= 4 is 36.7 Å². The van der Waals surface area contributed by atoms with Crippen molar-refractivity contribution in [1.29, 1.82) is 0 Å². The van der Waals surface area contributed by atoms with Crippen LogP contribution in [0.3, 0.4) is 0 Å². The summed E-state index contributed by atoms with van der Waals surface area (Å²) in [6.07, 6.45) is -3.37. The van der Waals surface area contributed by atoms with Gasteiger partial charge in [-0.25, -0.2) is 24.3 Å². The predicted molar refractivity (Wildman–Crippen MR) is 138 cm³/mol. The van der Waals surface area contributed by atoms with Crippen molar-refractivity contribution in [1.82, 2.24) is 19.5 Å². The first-order chi connectivity index (χ1) is 19.1. The average Bonchev–Trinajstić information content (AvgIpc) is 3.49. The molecule has 0 unspecified atom stereocenters. The number of carbonyl (C=O) groups is 2. The zero-order valence-corrected chi connectivity index (χ0v) is 21.8. The summed E-state index contributed by atoms with van der Waals surface area (Å²) in [5.41, 5.74) is 1.88. The van der Waals surface area contributed by atoms with E-state index >= 15 is 0 Å². The fraction of sp³-hybridized carbons (Fsp3) is 0.240. The van der Waals surface area contributed by atoms with Crippen molar-refractivity contribution < 1.29 is 43.0 Å². The van der Waals surface area contributed by atoms with E-state index in [0.29, 0.717) is 5.56 Å². The molecule has 208 valence electrons. The van der Waals surface area contributed by atoms with Crippen LogP contribution in [0.4, 0.5) is 5.82 Å². The molecule has 3 heterocycles. The third-order valence-electron chi connectivity index (χ3n) is 6.14. The quantitative estimate of drug-likeness (QED) is 0.178. The topological polar surface area (TPSA) is 195 Å². The number of amides is 1. The number of aromatic nitrogens is 4. The minimum absolute atomic E-state index is 0.0761. The number of phosphoric acid groups is 1. The number of fused-ring (bicyclic) bond motifs is 1. The Hall–Kier alpha value is -4.04. The van der Waals surface area contributed by atoms with E-state index in [9.17, 15) is 29.0 Å². The lowest BCUT2D eigenvalue weighted by atomic mass is 10.1. The molecule has 4 N–H and O–H groups in total. The molecule has 0 radical (unpaired) electrons. The number of aliphatic hydroxyl groups is 1. The first-order valence-electron chi connectivity index (χ1n) is 12.0. The van der Waals surface area contributed by atoms with Crippen LogP contribution in [0.1, 0.15) is 32.5 Å². The molecule has 0 saturated carbocycles. The number of esters is 1. The smallest absolute Gasteiger partial charge is 0.459 e. The summed E-state index contributed by atoms with van der Waals surface area (Å²) in [6, 6.07) is 15.1. The van der Waals surface area contributed by atoms with Crippen LogP contribution >= 0.6 is 7.82 Å². The number of hydrogen-bond acceptors (Lipinski definition) is 10. The minimum atomic E-state index is -5.10. The molecule has 14 nitrogen and oxygen atoms in total. The van der Waals surface area contributed by atoms with Crippen LogP contribution in [-0.4, -0.2) is 71.2 Å². The number of benzene rings is 2. The SMILES string of the molecule is Cc1ccc(C(=O)OC[C@H]2O[C@@H](n3cnc4c(NC(=O)c5ccccc5)ncnc43)[C@H](OP(=O)(O)O)[C@@H]2O)cc1. The van der Waals surface area contributed by atoms with Crippen molar-refractivity contribution in [2.24, 2.45) is 0 Å². The highest BCUT2D eigenvalue weighted by molar-refractivity contribution is 7.46. The van der Waals surface area contributed by atoms with Crippen LogP contribution < -0.4 is 5.32 Å². The maximum Gasteiger partial charge on any atom is 0.470 e. The Morgan fingerprint density at radius 1 is 1.05 bits per heavy atom. The van der Waals surface area contributed by atoms with E-state index < -0.39 is 50.8 Å². The number of rotatable bonds is 8. The molecule has 4 aromatic rings.